The summed E-state index contributed by atoms with van der Waals surface area (Å²) in [6.07, 6.45) is 0. The fourth-order valence-electron chi connectivity index (χ4n) is 1.95. The Bertz CT molecular complexity index is 612. The second-order valence-electron chi connectivity index (χ2n) is 4.67. The van der Waals surface area contributed by atoms with Gasteiger partial charge in [0.05, 0.1) is 0 Å². The van der Waals surface area contributed by atoms with E-state index in [1.807, 2.05) is 50.3 Å². The standard InChI is InChI=1S/C14H17N3O2/c1-9-12(14(18)19)15-13(17(9)4)10-5-7-11(8-6-10)16(2)3/h5-8H,1-4H3,(H,18,19). The topological polar surface area (TPSA) is 58.4 Å². The van der Waals surface area contributed by atoms with Gasteiger partial charge in [0.25, 0.3) is 0 Å². The minimum atomic E-state index is -0.996. The second-order valence-corrected chi connectivity index (χ2v) is 4.67. The largest absolute Gasteiger partial charge is 0.476 e. The van der Waals surface area contributed by atoms with Crippen LogP contribution in [0.5, 0.6) is 0 Å². The van der Waals surface area contributed by atoms with Crippen LogP contribution in [-0.2, 0) is 7.05 Å². The normalized spacial score (nSPS) is 10.5. The number of nitrogens with zero attached hydrogens (tertiary/aromatic N) is 3. The number of carbonyl (C=O) groups is 1. The monoisotopic (exact) mass is 259 g/mol. The highest BCUT2D eigenvalue weighted by molar-refractivity contribution is 5.87. The van der Waals surface area contributed by atoms with E-state index < -0.39 is 5.97 Å². The average molecular weight is 259 g/mol. The number of carboxylic acids is 1. The zero-order chi connectivity index (χ0) is 14.2. The number of benzene rings is 1. The molecule has 100 valence electrons. The van der Waals surface area contributed by atoms with E-state index in [0.717, 1.165) is 11.3 Å². The van der Waals surface area contributed by atoms with Gasteiger partial charge in [-0.25, -0.2) is 9.78 Å². The van der Waals surface area contributed by atoms with Gasteiger partial charge in [-0.05, 0) is 31.2 Å². The average Bonchev–Trinajstić information content (AvgIpc) is 2.67. The summed E-state index contributed by atoms with van der Waals surface area (Å²) in [7, 11) is 5.77. The number of aromatic carboxylic acids is 1. The summed E-state index contributed by atoms with van der Waals surface area (Å²) in [5.41, 5.74) is 2.75. The first-order valence-corrected chi connectivity index (χ1v) is 5.96. The number of imidazole rings is 1. The molecule has 2 aromatic rings. The van der Waals surface area contributed by atoms with Crippen molar-refractivity contribution in [2.45, 2.75) is 6.92 Å². The summed E-state index contributed by atoms with van der Waals surface area (Å²) < 4.78 is 1.80. The zero-order valence-electron chi connectivity index (χ0n) is 11.5. The third kappa shape index (κ3) is 2.31. The molecule has 0 aliphatic heterocycles. The highest BCUT2D eigenvalue weighted by atomic mass is 16.4. The lowest BCUT2D eigenvalue weighted by molar-refractivity contribution is 0.0690. The molecule has 0 radical (unpaired) electrons. The molecular formula is C14H17N3O2. The third-order valence-electron chi connectivity index (χ3n) is 3.23. The molecule has 5 nitrogen and oxygen atoms in total. The van der Waals surface area contributed by atoms with E-state index in [-0.39, 0.29) is 5.69 Å². The molecule has 0 amide bonds. The van der Waals surface area contributed by atoms with E-state index in [2.05, 4.69) is 4.98 Å². The third-order valence-corrected chi connectivity index (χ3v) is 3.23. The number of anilines is 1. The minimum absolute atomic E-state index is 0.106. The van der Waals surface area contributed by atoms with Gasteiger partial charge in [-0.1, -0.05) is 0 Å². The first kappa shape index (κ1) is 13.1. The Balaban J connectivity index is 2.47. The number of hydrogen-bond acceptors (Lipinski definition) is 3. The summed E-state index contributed by atoms with van der Waals surface area (Å²) in [4.78, 5) is 17.3. The van der Waals surface area contributed by atoms with Crippen molar-refractivity contribution in [1.82, 2.24) is 9.55 Å². The smallest absolute Gasteiger partial charge is 0.356 e. The van der Waals surface area contributed by atoms with Crippen molar-refractivity contribution in [2.24, 2.45) is 7.05 Å². The van der Waals surface area contributed by atoms with Gasteiger partial charge in [-0.2, -0.15) is 0 Å². The Hall–Kier alpha value is -2.30. The van der Waals surface area contributed by atoms with Crippen LogP contribution in [-0.4, -0.2) is 34.7 Å². The van der Waals surface area contributed by atoms with Crippen LogP contribution in [0.1, 0.15) is 16.2 Å². The summed E-state index contributed by atoms with van der Waals surface area (Å²) in [6.45, 7) is 1.76. The molecule has 0 aliphatic carbocycles. The maximum absolute atomic E-state index is 11.1. The molecule has 5 heteroatoms. The van der Waals surface area contributed by atoms with Crippen LogP contribution < -0.4 is 4.90 Å². The van der Waals surface area contributed by atoms with Crippen LogP contribution in [0.15, 0.2) is 24.3 Å². The van der Waals surface area contributed by atoms with Gasteiger partial charge < -0.3 is 14.6 Å². The Kier molecular flexibility index (Phi) is 3.29. The highest BCUT2D eigenvalue weighted by Gasteiger charge is 2.17. The molecule has 0 spiro atoms. The second kappa shape index (κ2) is 4.76. The van der Waals surface area contributed by atoms with Crippen molar-refractivity contribution < 1.29 is 9.90 Å². The lowest BCUT2D eigenvalue weighted by Gasteiger charge is -2.12. The molecule has 0 saturated heterocycles. The molecule has 0 bridgehead atoms. The predicted octanol–water partition coefficient (Wildman–Crippen LogP) is 2.16. The molecular weight excluding hydrogens is 242 g/mol. The lowest BCUT2D eigenvalue weighted by Crippen LogP contribution is -2.08. The molecule has 0 saturated carbocycles. The van der Waals surface area contributed by atoms with Crippen molar-refractivity contribution in [3.8, 4) is 11.4 Å². The van der Waals surface area contributed by atoms with E-state index in [1.54, 1.807) is 11.5 Å². The number of rotatable bonds is 3. The van der Waals surface area contributed by atoms with Gasteiger partial charge >= 0.3 is 5.97 Å². The molecule has 0 atom stereocenters. The maximum Gasteiger partial charge on any atom is 0.356 e. The van der Waals surface area contributed by atoms with Crippen LogP contribution in [0.2, 0.25) is 0 Å². The summed E-state index contributed by atoms with van der Waals surface area (Å²) in [5.74, 6) is -0.329. The van der Waals surface area contributed by atoms with E-state index >= 15 is 0 Å². The summed E-state index contributed by atoms with van der Waals surface area (Å²) >= 11 is 0. The Morgan fingerprint density at radius 3 is 2.26 bits per heavy atom. The van der Waals surface area contributed by atoms with E-state index in [0.29, 0.717) is 11.5 Å². The van der Waals surface area contributed by atoms with Gasteiger partial charge in [-0.15, -0.1) is 0 Å². The SMILES string of the molecule is Cc1c(C(=O)O)nc(-c2ccc(N(C)C)cc2)n1C. The molecule has 0 unspecified atom stereocenters. The predicted molar refractivity (Wildman–Crippen MR) is 74.7 cm³/mol. The number of carboxylic acid groups (broad SMARTS) is 1. The summed E-state index contributed by atoms with van der Waals surface area (Å²) in [6, 6.07) is 7.87. The summed E-state index contributed by atoms with van der Waals surface area (Å²) in [5, 5.41) is 9.08. The first-order valence-electron chi connectivity index (χ1n) is 5.96. The fraction of sp³-hybridized carbons (Fsp3) is 0.286. The molecule has 1 aromatic heterocycles. The van der Waals surface area contributed by atoms with Crippen molar-refractivity contribution in [2.75, 3.05) is 19.0 Å². The quantitative estimate of drug-likeness (QED) is 0.917. The first-order chi connectivity index (χ1) is 8.91. The lowest BCUT2D eigenvalue weighted by atomic mass is 10.2. The number of hydrogen-bond donors (Lipinski definition) is 1. The van der Waals surface area contributed by atoms with Gasteiger partial charge in [0.2, 0.25) is 0 Å². The van der Waals surface area contributed by atoms with Gasteiger partial charge in [0.15, 0.2) is 5.69 Å². The van der Waals surface area contributed by atoms with Crippen molar-refractivity contribution in [3.05, 3.63) is 35.7 Å². The van der Waals surface area contributed by atoms with Crippen LogP contribution in [0.25, 0.3) is 11.4 Å². The van der Waals surface area contributed by atoms with Gasteiger partial charge in [0.1, 0.15) is 5.82 Å². The molecule has 2 rings (SSSR count). The Labute approximate surface area is 112 Å². The molecule has 19 heavy (non-hydrogen) atoms. The zero-order valence-corrected chi connectivity index (χ0v) is 11.5. The van der Waals surface area contributed by atoms with Crippen LogP contribution in [0.3, 0.4) is 0 Å². The van der Waals surface area contributed by atoms with Gasteiger partial charge in [-0.3, -0.25) is 0 Å². The van der Waals surface area contributed by atoms with Gasteiger partial charge in [0, 0.05) is 38.1 Å². The maximum atomic E-state index is 11.1. The minimum Gasteiger partial charge on any atom is -0.476 e. The van der Waals surface area contributed by atoms with E-state index in [1.165, 1.54) is 0 Å². The molecule has 1 heterocycles. The molecule has 0 aliphatic rings. The Morgan fingerprint density at radius 2 is 1.84 bits per heavy atom. The molecule has 1 N–H and O–H groups in total. The van der Waals surface area contributed by atoms with E-state index in [9.17, 15) is 4.79 Å². The number of aromatic nitrogens is 2. The highest BCUT2D eigenvalue weighted by Crippen LogP contribution is 2.23. The van der Waals surface area contributed by atoms with Crippen molar-refractivity contribution >= 4 is 11.7 Å². The van der Waals surface area contributed by atoms with Crippen LogP contribution >= 0.6 is 0 Å². The molecule has 1 aromatic carbocycles. The van der Waals surface area contributed by atoms with Crippen molar-refractivity contribution in [1.29, 1.82) is 0 Å². The molecule has 0 fully saturated rings. The Morgan fingerprint density at radius 1 is 1.26 bits per heavy atom. The fourth-order valence-corrected chi connectivity index (χ4v) is 1.95. The van der Waals surface area contributed by atoms with Crippen molar-refractivity contribution in [3.63, 3.8) is 0 Å². The van der Waals surface area contributed by atoms with Crippen LogP contribution in [0.4, 0.5) is 5.69 Å². The van der Waals surface area contributed by atoms with Crippen LogP contribution in [0, 0.1) is 6.92 Å². The van der Waals surface area contributed by atoms with E-state index in [4.69, 9.17) is 5.11 Å².